The van der Waals surface area contributed by atoms with Gasteiger partial charge in [0.2, 0.25) is 5.65 Å². The molecule has 6 nitrogen and oxygen atoms in total. The molecule has 0 aliphatic rings. The van der Waals surface area contributed by atoms with E-state index < -0.39 is 0 Å². The number of nitrogens with zero attached hydrogens (tertiary/aromatic N) is 3. The minimum atomic E-state index is 0.479. The van der Waals surface area contributed by atoms with Crippen molar-refractivity contribution in [3.63, 3.8) is 0 Å². The number of benzene rings is 2. The van der Waals surface area contributed by atoms with Gasteiger partial charge in [0.25, 0.3) is 5.88 Å². The number of hydrogen-bond acceptors (Lipinski definition) is 5. The van der Waals surface area contributed by atoms with E-state index in [0.717, 1.165) is 22.3 Å². The zero-order chi connectivity index (χ0) is 17.4. The molecule has 0 spiro atoms. The Kier molecular flexibility index (Phi) is 3.65. The highest BCUT2D eigenvalue weighted by molar-refractivity contribution is 5.82. The van der Waals surface area contributed by atoms with Crippen molar-refractivity contribution in [2.45, 2.75) is 0 Å². The summed E-state index contributed by atoms with van der Waals surface area (Å²) in [6.07, 6.45) is 1.96. The second-order valence-corrected chi connectivity index (χ2v) is 5.47. The van der Waals surface area contributed by atoms with Gasteiger partial charge in [-0.05, 0) is 24.3 Å². The number of aromatic nitrogens is 3. The maximum Gasteiger partial charge on any atom is 0.258 e. The zero-order valence-corrected chi connectivity index (χ0v) is 14.2. The van der Waals surface area contributed by atoms with E-state index in [9.17, 15) is 0 Å². The highest BCUT2D eigenvalue weighted by atomic mass is 16.5. The Bertz CT molecular complexity index is 1070. The van der Waals surface area contributed by atoms with Gasteiger partial charge in [-0.15, -0.1) is 0 Å². The molecule has 2 heterocycles. The molecular formula is C19H17N3O3. The average Bonchev–Trinajstić information content (AvgIpc) is 3.12. The van der Waals surface area contributed by atoms with Crippen LogP contribution in [0, 0.1) is 0 Å². The lowest BCUT2D eigenvalue weighted by Gasteiger charge is -2.10. The predicted molar refractivity (Wildman–Crippen MR) is 95.6 cm³/mol. The normalized spacial score (nSPS) is 11.0. The van der Waals surface area contributed by atoms with Crippen molar-refractivity contribution >= 4 is 16.7 Å². The minimum Gasteiger partial charge on any atom is -0.493 e. The molecule has 0 amide bonds. The molecule has 0 unspecified atom stereocenters. The standard InChI is InChI=1S/C19H17N3O3/c1-23-16-10-6-7-12(17(16)24-2)14-11-22-15-9-5-4-8-13(15)21-19(25-3)18(22)20-14/h4-11H,1-3H3. The summed E-state index contributed by atoms with van der Waals surface area (Å²) in [5.74, 6) is 1.78. The van der Waals surface area contributed by atoms with Crippen molar-refractivity contribution in [2.24, 2.45) is 0 Å². The van der Waals surface area contributed by atoms with Crippen molar-refractivity contribution in [1.82, 2.24) is 14.4 Å². The lowest BCUT2D eigenvalue weighted by atomic mass is 10.1. The molecule has 2 aromatic carbocycles. The van der Waals surface area contributed by atoms with Crippen LogP contribution in [0.2, 0.25) is 0 Å². The number of rotatable bonds is 4. The summed E-state index contributed by atoms with van der Waals surface area (Å²) in [6.45, 7) is 0. The molecule has 4 rings (SSSR count). The first-order valence-electron chi connectivity index (χ1n) is 7.80. The van der Waals surface area contributed by atoms with E-state index in [1.165, 1.54) is 0 Å². The second-order valence-electron chi connectivity index (χ2n) is 5.47. The quantitative estimate of drug-likeness (QED) is 0.570. The topological polar surface area (TPSA) is 57.9 Å². The molecule has 0 N–H and O–H groups in total. The first kappa shape index (κ1) is 15.3. The van der Waals surface area contributed by atoms with Crippen LogP contribution in [0.25, 0.3) is 27.9 Å². The summed E-state index contributed by atoms with van der Waals surface area (Å²) < 4.78 is 18.3. The van der Waals surface area contributed by atoms with E-state index in [1.54, 1.807) is 21.3 Å². The van der Waals surface area contributed by atoms with Gasteiger partial charge < -0.3 is 14.2 Å². The van der Waals surface area contributed by atoms with Crippen LogP contribution in [0.15, 0.2) is 48.7 Å². The third-order valence-electron chi connectivity index (χ3n) is 4.13. The van der Waals surface area contributed by atoms with Gasteiger partial charge >= 0.3 is 0 Å². The summed E-state index contributed by atoms with van der Waals surface area (Å²) in [5, 5.41) is 0. The summed E-state index contributed by atoms with van der Waals surface area (Å²) in [4.78, 5) is 9.27. The summed E-state index contributed by atoms with van der Waals surface area (Å²) in [7, 11) is 4.83. The number of methoxy groups -OCH3 is 3. The van der Waals surface area contributed by atoms with Crippen molar-refractivity contribution in [2.75, 3.05) is 21.3 Å². The molecule has 2 aromatic heterocycles. The molecule has 0 aliphatic carbocycles. The third kappa shape index (κ3) is 2.34. The van der Waals surface area contributed by atoms with E-state index in [2.05, 4.69) is 4.98 Å². The number of ether oxygens (including phenoxy) is 3. The van der Waals surface area contributed by atoms with Gasteiger partial charge in [-0.1, -0.05) is 18.2 Å². The Balaban J connectivity index is 2.03. The largest absolute Gasteiger partial charge is 0.493 e. The molecule has 0 saturated heterocycles. The Morgan fingerprint density at radius 2 is 1.68 bits per heavy atom. The van der Waals surface area contributed by atoms with Crippen molar-refractivity contribution in [3.8, 4) is 28.6 Å². The van der Waals surface area contributed by atoms with Crippen LogP contribution >= 0.6 is 0 Å². The molecule has 126 valence electrons. The maximum absolute atomic E-state index is 5.54. The third-order valence-corrected chi connectivity index (χ3v) is 4.13. The number of fused-ring (bicyclic) bond motifs is 3. The van der Waals surface area contributed by atoms with Crippen LogP contribution < -0.4 is 14.2 Å². The van der Waals surface area contributed by atoms with Crippen molar-refractivity contribution in [1.29, 1.82) is 0 Å². The van der Waals surface area contributed by atoms with Crippen LogP contribution in [0.3, 0.4) is 0 Å². The fourth-order valence-corrected chi connectivity index (χ4v) is 2.99. The number of hydrogen-bond donors (Lipinski definition) is 0. The van der Waals surface area contributed by atoms with Gasteiger partial charge in [0.1, 0.15) is 0 Å². The summed E-state index contributed by atoms with van der Waals surface area (Å²) in [5.41, 5.74) is 4.05. The average molecular weight is 335 g/mol. The second kappa shape index (κ2) is 5.98. The van der Waals surface area contributed by atoms with E-state index in [0.29, 0.717) is 23.0 Å². The maximum atomic E-state index is 5.54. The lowest BCUT2D eigenvalue weighted by Crippen LogP contribution is -1.96. The first-order chi connectivity index (χ1) is 12.3. The van der Waals surface area contributed by atoms with Gasteiger partial charge in [0.15, 0.2) is 11.5 Å². The van der Waals surface area contributed by atoms with Gasteiger partial charge in [-0.25, -0.2) is 9.97 Å². The van der Waals surface area contributed by atoms with Crippen molar-refractivity contribution in [3.05, 3.63) is 48.7 Å². The molecule has 0 radical (unpaired) electrons. The van der Waals surface area contributed by atoms with Gasteiger partial charge in [0, 0.05) is 11.8 Å². The molecule has 6 heteroatoms. The molecular weight excluding hydrogens is 318 g/mol. The van der Waals surface area contributed by atoms with Gasteiger partial charge in [-0.2, -0.15) is 0 Å². The molecule has 25 heavy (non-hydrogen) atoms. The molecule has 0 fully saturated rings. The van der Waals surface area contributed by atoms with Gasteiger partial charge in [0.05, 0.1) is 38.1 Å². The summed E-state index contributed by atoms with van der Waals surface area (Å²) >= 11 is 0. The molecule has 0 bridgehead atoms. The Hall–Kier alpha value is -3.28. The van der Waals surface area contributed by atoms with Crippen LogP contribution in [0.4, 0.5) is 0 Å². The highest BCUT2D eigenvalue weighted by Crippen LogP contribution is 2.38. The smallest absolute Gasteiger partial charge is 0.258 e. The predicted octanol–water partition coefficient (Wildman–Crippen LogP) is 3.58. The van der Waals surface area contributed by atoms with Crippen LogP contribution in [0.5, 0.6) is 17.4 Å². The van der Waals surface area contributed by atoms with Crippen LogP contribution in [-0.2, 0) is 0 Å². The monoisotopic (exact) mass is 335 g/mol. The fourth-order valence-electron chi connectivity index (χ4n) is 2.99. The fraction of sp³-hybridized carbons (Fsp3) is 0.158. The van der Waals surface area contributed by atoms with E-state index in [-0.39, 0.29) is 0 Å². The zero-order valence-electron chi connectivity index (χ0n) is 14.2. The highest BCUT2D eigenvalue weighted by Gasteiger charge is 2.17. The molecule has 0 saturated carbocycles. The number of imidazole rings is 1. The Morgan fingerprint density at radius 3 is 2.44 bits per heavy atom. The SMILES string of the molecule is COc1cccc(-c2cn3c(n2)c(OC)nc2ccccc23)c1OC. The molecule has 0 atom stereocenters. The Labute approximate surface area is 144 Å². The lowest BCUT2D eigenvalue weighted by molar-refractivity contribution is 0.356. The Morgan fingerprint density at radius 1 is 0.840 bits per heavy atom. The van der Waals surface area contributed by atoms with Crippen molar-refractivity contribution < 1.29 is 14.2 Å². The van der Waals surface area contributed by atoms with E-state index in [1.807, 2.05) is 53.1 Å². The number of para-hydroxylation sites is 3. The minimum absolute atomic E-state index is 0.479. The van der Waals surface area contributed by atoms with Crippen LogP contribution in [-0.4, -0.2) is 35.7 Å². The first-order valence-corrected chi connectivity index (χ1v) is 7.80. The molecule has 0 aliphatic heterocycles. The van der Waals surface area contributed by atoms with E-state index >= 15 is 0 Å². The van der Waals surface area contributed by atoms with Crippen LogP contribution in [0.1, 0.15) is 0 Å². The van der Waals surface area contributed by atoms with Gasteiger partial charge in [-0.3, -0.25) is 4.40 Å². The van der Waals surface area contributed by atoms with E-state index in [4.69, 9.17) is 19.2 Å². The summed E-state index contributed by atoms with van der Waals surface area (Å²) in [6, 6.07) is 13.6. The molecule has 4 aromatic rings.